The zero-order valence-electron chi connectivity index (χ0n) is 16.2. The summed E-state index contributed by atoms with van der Waals surface area (Å²) in [5.41, 5.74) is 4.31. The van der Waals surface area contributed by atoms with E-state index in [0.717, 1.165) is 16.7 Å². The first-order valence-electron chi connectivity index (χ1n) is 8.97. The van der Waals surface area contributed by atoms with Gasteiger partial charge in [0.25, 0.3) is 5.91 Å². The van der Waals surface area contributed by atoms with Gasteiger partial charge in [0.2, 0.25) is 5.88 Å². The van der Waals surface area contributed by atoms with E-state index in [2.05, 4.69) is 10.3 Å². The van der Waals surface area contributed by atoms with E-state index in [1.807, 2.05) is 32.0 Å². The van der Waals surface area contributed by atoms with Crippen molar-refractivity contribution in [1.29, 1.82) is 0 Å². The SMILES string of the molecule is COc1ccc(CNC(=O)c2ccccc2C(=O)c2ccc(C)c(C)c2)cn1. The molecule has 0 radical (unpaired) electrons. The number of methoxy groups -OCH3 is 1. The maximum absolute atomic E-state index is 13.0. The maximum atomic E-state index is 13.0. The molecular formula is C23H22N2O3. The molecule has 5 nitrogen and oxygen atoms in total. The van der Waals surface area contributed by atoms with Crippen molar-refractivity contribution < 1.29 is 14.3 Å². The molecule has 5 heteroatoms. The molecule has 28 heavy (non-hydrogen) atoms. The van der Waals surface area contributed by atoms with Crippen molar-refractivity contribution in [3.05, 3.63) is 94.2 Å². The third-order valence-corrected chi connectivity index (χ3v) is 4.65. The van der Waals surface area contributed by atoms with Crippen LogP contribution in [0.1, 0.15) is 43.0 Å². The number of nitrogens with one attached hydrogen (secondary N) is 1. The molecule has 0 bridgehead atoms. The number of amides is 1. The van der Waals surface area contributed by atoms with Crippen molar-refractivity contribution in [2.45, 2.75) is 20.4 Å². The van der Waals surface area contributed by atoms with Gasteiger partial charge in [-0.25, -0.2) is 4.98 Å². The summed E-state index contributed by atoms with van der Waals surface area (Å²) in [4.78, 5) is 29.8. The van der Waals surface area contributed by atoms with E-state index in [-0.39, 0.29) is 11.7 Å². The zero-order valence-corrected chi connectivity index (χ0v) is 16.2. The smallest absolute Gasteiger partial charge is 0.252 e. The average Bonchev–Trinajstić information content (AvgIpc) is 2.73. The number of rotatable bonds is 6. The third-order valence-electron chi connectivity index (χ3n) is 4.65. The molecule has 0 aliphatic heterocycles. The molecule has 0 fully saturated rings. The number of aromatic nitrogens is 1. The Morgan fingerprint density at radius 2 is 1.71 bits per heavy atom. The van der Waals surface area contributed by atoms with Gasteiger partial charge in [0.15, 0.2) is 5.78 Å². The Hall–Kier alpha value is -3.47. The molecule has 3 rings (SSSR count). The molecule has 0 atom stereocenters. The summed E-state index contributed by atoms with van der Waals surface area (Å²) >= 11 is 0. The molecule has 1 amide bonds. The Morgan fingerprint density at radius 1 is 0.964 bits per heavy atom. The Bertz CT molecular complexity index is 1010. The van der Waals surface area contributed by atoms with Crippen molar-refractivity contribution in [3.8, 4) is 5.88 Å². The molecule has 1 aromatic heterocycles. The fourth-order valence-corrected chi connectivity index (χ4v) is 2.83. The summed E-state index contributed by atoms with van der Waals surface area (Å²) in [5, 5.41) is 2.85. The highest BCUT2D eigenvalue weighted by Crippen LogP contribution is 2.18. The number of benzene rings is 2. The Kier molecular flexibility index (Phi) is 5.84. The molecule has 1 N–H and O–H groups in total. The predicted molar refractivity (Wildman–Crippen MR) is 108 cm³/mol. The van der Waals surface area contributed by atoms with Gasteiger partial charge < -0.3 is 10.1 Å². The summed E-state index contributed by atoms with van der Waals surface area (Å²) in [6, 6.07) is 16.0. The van der Waals surface area contributed by atoms with Gasteiger partial charge in [0.1, 0.15) is 0 Å². The lowest BCUT2D eigenvalue weighted by Gasteiger charge is -2.11. The van der Waals surface area contributed by atoms with E-state index in [4.69, 9.17) is 4.74 Å². The number of hydrogen-bond donors (Lipinski definition) is 1. The Balaban J connectivity index is 1.79. The van der Waals surface area contributed by atoms with E-state index in [1.54, 1.807) is 49.7 Å². The largest absolute Gasteiger partial charge is 0.481 e. The lowest BCUT2D eigenvalue weighted by Crippen LogP contribution is -2.25. The highest BCUT2D eigenvalue weighted by atomic mass is 16.5. The fraction of sp³-hybridized carbons (Fsp3) is 0.174. The molecule has 0 saturated carbocycles. The zero-order chi connectivity index (χ0) is 20.1. The van der Waals surface area contributed by atoms with Crippen LogP contribution in [0.4, 0.5) is 0 Å². The number of ketones is 1. The van der Waals surface area contributed by atoms with Crippen LogP contribution in [0.5, 0.6) is 5.88 Å². The first-order chi connectivity index (χ1) is 13.5. The predicted octanol–water partition coefficient (Wildman–Crippen LogP) is 3.87. The highest BCUT2D eigenvalue weighted by Gasteiger charge is 2.18. The van der Waals surface area contributed by atoms with Crippen LogP contribution in [-0.4, -0.2) is 23.8 Å². The van der Waals surface area contributed by atoms with Gasteiger partial charge in [0.05, 0.1) is 12.7 Å². The molecule has 0 saturated heterocycles. The minimum Gasteiger partial charge on any atom is -0.481 e. The van der Waals surface area contributed by atoms with Crippen molar-refractivity contribution in [2.24, 2.45) is 0 Å². The molecule has 0 aliphatic carbocycles. The maximum Gasteiger partial charge on any atom is 0.252 e. The van der Waals surface area contributed by atoms with E-state index in [0.29, 0.717) is 29.1 Å². The van der Waals surface area contributed by atoms with Crippen LogP contribution >= 0.6 is 0 Å². The molecule has 1 heterocycles. The molecule has 3 aromatic rings. The van der Waals surface area contributed by atoms with Crippen molar-refractivity contribution in [1.82, 2.24) is 10.3 Å². The second-order valence-corrected chi connectivity index (χ2v) is 6.57. The molecule has 0 spiro atoms. The van der Waals surface area contributed by atoms with E-state index in [9.17, 15) is 9.59 Å². The van der Waals surface area contributed by atoms with E-state index >= 15 is 0 Å². The number of carbonyl (C=O) groups is 2. The first-order valence-corrected chi connectivity index (χ1v) is 8.97. The molecule has 0 aliphatic rings. The second-order valence-electron chi connectivity index (χ2n) is 6.57. The van der Waals surface area contributed by atoms with Gasteiger partial charge in [-0.2, -0.15) is 0 Å². The number of hydrogen-bond acceptors (Lipinski definition) is 4. The van der Waals surface area contributed by atoms with Crippen LogP contribution in [0.3, 0.4) is 0 Å². The monoisotopic (exact) mass is 374 g/mol. The van der Waals surface area contributed by atoms with Gasteiger partial charge >= 0.3 is 0 Å². The number of pyridine rings is 1. The van der Waals surface area contributed by atoms with Gasteiger partial charge in [-0.05, 0) is 42.7 Å². The Labute approximate surface area is 164 Å². The first kappa shape index (κ1) is 19.3. The van der Waals surface area contributed by atoms with Crippen molar-refractivity contribution in [2.75, 3.05) is 7.11 Å². The lowest BCUT2D eigenvalue weighted by molar-refractivity contribution is 0.0939. The number of ether oxygens (including phenoxy) is 1. The van der Waals surface area contributed by atoms with E-state index < -0.39 is 0 Å². The highest BCUT2D eigenvalue weighted by molar-refractivity contribution is 6.15. The summed E-state index contributed by atoms with van der Waals surface area (Å²) < 4.78 is 5.03. The van der Waals surface area contributed by atoms with Crippen LogP contribution in [-0.2, 0) is 6.54 Å². The fourth-order valence-electron chi connectivity index (χ4n) is 2.83. The molecular weight excluding hydrogens is 352 g/mol. The summed E-state index contributed by atoms with van der Waals surface area (Å²) in [6.45, 7) is 4.27. The van der Waals surface area contributed by atoms with Gasteiger partial charge in [-0.1, -0.05) is 36.4 Å². The summed E-state index contributed by atoms with van der Waals surface area (Å²) in [6.07, 6.45) is 1.64. The average molecular weight is 374 g/mol. The molecule has 0 unspecified atom stereocenters. The number of aryl methyl sites for hydroxylation is 2. The number of carbonyl (C=O) groups excluding carboxylic acids is 2. The minimum atomic E-state index is -0.302. The minimum absolute atomic E-state index is 0.167. The molecule has 142 valence electrons. The number of nitrogens with zero attached hydrogens (tertiary/aromatic N) is 1. The van der Waals surface area contributed by atoms with Gasteiger partial charge in [-0.3, -0.25) is 9.59 Å². The van der Waals surface area contributed by atoms with Crippen LogP contribution in [0.15, 0.2) is 60.8 Å². The normalized spacial score (nSPS) is 10.4. The van der Waals surface area contributed by atoms with Crippen molar-refractivity contribution in [3.63, 3.8) is 0 Å². The van der Waals surface area contributed by atoms with Gasteiger partial charge in [0, 0.05) is 29.9 Å². The van der Waals surface area contributed by atoms with Crippen LogP contribution in [0, 0.1) is 13.8 Å². The topological polar surface area (TPSA) is 68.3 Å². The van der Waals surface area contributed by atoms with E-state index in [1.165, 1.54) is 0 Å². The van der Waals surface area contributed by atoms with Crippen LogP contribution in [0.25, 0.3) is 0 Å². The quantitative estimate of drug-likeness (QED) is 0.665. The van der Waals surface area contributed by atoms with Gasteiger partial charge in [-0.15, -0.1) is 0 Å². The Morgan fingerprint density at radius 3 is 2.36 bits per heavy atom. The lowest BCUT2D eigenvalue weighted by atomic mass is 9.95. The van der Waals surface area contributed by atoms with Crippen molar-refractivity contribution >= 4 is 11.7 Å². The summed E-state index contributed by atoms with van der Waals surface area (Å²) in [5.74, 6) is 0.0444. The second kappa shape index (κ2) is 8.48. The van der Waals surface area contributed by atoms with Crippen LogP contribution in [0.2, 0.25) is 0 Å². The standard InChI is InChI=1S/C23H22N2O3/c1-15-8-10-18(12-16(15)2)22(26)19-6-4-5-7-20(19)23(27)25-14-17-9-11-21(28-3)24-13-17/h4-13H,14H2,1-3H3,(H,25,27). The third kappa shape index (κ3) is 4.26. The summed E-state index contributed by atoms with van der Waals surface area (Å²) in [7, 11) is 1.55. The van der Waals surface area contributed by atoms with Crippen LogP contribution < -0.4 is 10.1 Å². The molecule has 2 aromatic carbocycles.